The zero-order chi connectivity index (χ0) is 18.5. The van der Waals surface area contributed by atoms with Crippen LogP contribution in [0.15, 0.2) is 48.9 Å². The molecule has 1 amide bonds. The third-order valence-corrected chi connectivity index (χ3v) is 4.30. The number of amides is 1. The highest BCUT2D eigenvalue weighted by molar-refractivity contribution is 6.33. The van der Waals surface area contributed by atoms with Gasteiger partial charge < -0.3 is 5.32 Å². The zero-order valence-corrected chi connectivity index (χ0v) is 15.6. The van der Waals surface area contributed by atoms with Gasteiger partial charge in [-0.25, -0.2) is 0 Å². The predicted molar refractivity (Wildman–Crippen MR) is 103 cm³/mol. The van der Waals surface area contributed by atoms with E-state index in [-0.39, 0.29) is 5.91 Å². The molecule has 0 spiro atoms. The number of nitrogens with zero attached hydrogens (tertiary/aromatic N) is 4. The molecule has 0 radical (unpaired) electrons. The van der Waals surface area contributed by atoms with Crippen molar-refractivity contribution in [1.29, 1.82) is 0 Å². The van der Waals surface area contributed by atoms with E-state index in [9.17, 15) is 4.79 Å². The van der Waals surface area contributed by atoms with E-state index >= 15 is 0 Å². The van der Waals surface area contributed by atoms with Crippen molar-refractivity contribution in [2.45, 2.75) is 20.0 Å². The number of carbonyl (C=O) groups is 1. The number of anilines is 1. The van der Waals surface area contributed by atoms with Gasteiger partial charge in [-0.3, -0.25) is 14.2 Å². The molecule has 3 rings (SSSR count). The highest BCUT2D eigenvalue weighted by Gasteiger charge is 2.10. The monoisotopic (exact) mass is 389 g/mol. The average Bonchev–Trinajstić information content (AvgIpc) is 3.22. The molecule has 0 aliphatic carbocycles. The van der Waals surface area contributed by atoms with Crippen molar-refractivity contribution in [3.05, 3.63) is 70.1 Å². The van der Waals surface area contributed by atoms with Gasteiger partial charge in [0.05, 0.1) is 12.7 Å². The van der Waals surface area contributed by atoms with Gasteiger partial charge >= 0.3 is 0 Å². The van der Waals surface area contributed by atoms with Gasteiger partial charge in [-0.1, -0.05) is 41.4 Å². The second-order valence-corrected chi connectivity index (χ2v) is 6.38. The van der Waals surface area contributed by atoms with Crippen LogP contribution in [0.25, 0.3) is 6.08 Å². The lowest BCUT2D eigenvalue weighted by Gasteiger charge is -2.03. The first kappa shape index (κ1) is 18.2. The standard InChI is InChI=1S/C18H17Cl2N5O/c1-2-24-10-13(9-21-24)7-8-17(26)22-18-16(20)12-25(23-18)11-14-5-3-4-6-15(14)19/h3-10,12H,2,11H2,1H3,(H,22,23,26)/b8-7+. The minimum absolute atomic E-state index is 0.303. The van der Waals surface area contributed by atoms with E-state index in [1.54, 1.807) is 27.8 Å². The Morgan fingerprint density at radius 1 is 1.19 bits per heavy atom. The SMILES string of the molecule is CCn1cc(/C=C/C(=O)Nc2nn(Cc3ccccc3Cl)cc2Cl)cn1. The van der Waals surface area contributed by atoms with Gasteiger partial charge in [0.1, 0.15) is 5.02 Å². The van der Waals surface area contributed by atoms with Crippen molar-refractivity contribution in [3.8, 4) is 0 Å². The second kappa shape index (κ2) is 8.21. The van der Waals surface area contributed by atoms with Crippen LogP contribution >= 0.6 is 23.2 Å². The van der Waals surface area contributed by atoms with Gasteiger partial charge in [0.2, 0.25) is 5.91 Å². The number of nitrogens with one attached hydrogen (secondary N) is 1. The average molecular weight is 390 g/mol. The molecule has 0 saturated heterocycles. The van der Waals surface area contributed by atoms with Crippen LogP contribution in [0.5, 0.6) is 0 Å². The maximum Gasteiger partial charge on any atom is 0.249 e. The summed E-state index contributed by atoms with van der Waals surface area (Å²) in [4.78, 5) is 12.1. The van der Waals surface area contributed by atoms with E-state index < -0.39 is 0 Å². The van der Waals surface area contributed by atoms with Crippen LogP contribution < -0.4 is 5.32 Å². The summed E-state index contributed by atoms with van der Waals surface area (Å²) >= 11 is 12.3. The molecule has 0 aliphatic heterocycles. The molecule has 8 heteroatoms. The van der Waals surface area contributed by atoms with Crippen LogP contribution in [-0.2, 0) is 17.9 Å². The van der Waals surface area contributed by atoms with Crippen LogP contribution in [-0.4, -0.2) is 25.5 Å². The number of carbonyl (C=O) groups excluding carboxylic acids is 1. The molecule has 2 heterocycles. The van der Waals surface area contributed by atoms with E-state index in [0.717, 1.165) is 17.7 Å². The minimum Gasteiger partial charge on any atom is -0.304 e. The van der Waals surface area contributed by atoms with Crippen molar-refractivity contribution in [2.24, 2.45) is 0 Å². The first-order valence-electron chi connectivity index (χ1n) is 8.03. The van der Waals surface area contributed by atoms with Crippen LogP contribution in [0.2, 0.25) is 10.0 Å². The number of aryl methyl sites for hydroxylation is 1. The molecule has 6 nitrogen and oxygen atoms in total. The fourth-order valence-corrected chi connectivity index (χ4v) is 2.73. The number of benzene rings is 1. The van der Waals surface area contributed by atoms with E-state index in [0.29, 0.717) is 22.4 Å². The summed E-state index contributed by atoms with van der Waals surface area (Å²) in [6.45, 7) is 3.23. The third kappa shape index (κ3) is 4.53. The highest BCUT2D eigenvalue weighted by atomic mass is 35.5. The molecule has 0 unspecified atom stereocenters. The topological polar surface area (TPSA) is 64.7 Å². The zero-order valence-electron chi connectivity index (χ0n) is 14.1. The Morgan fingerprint density at radius 2 is 2.00 bits per heavy atom. The van der Waals surface area contributed by atoms with E-state index in [1.165, 1.54) is 6.08 Å². The first-order chi connectivity index (χ1) is 12.5. The number of aromatic nitrogens is 4. The maximum absolute atomic E-state index is 12.1. The Hall–Kier alpha value is -2.57. The summed E-state index contributed by atoms with van der Waals surface area (Å²) < 4.78 is 3.42. The van der Waals surface area contributed by atoms with Crippen LogP contribution in [0.1, 0.15) is 18.1 Å². The first-order valence-corrected chi connectivity index (χ1v) is 8.78. The molecule has 3 aromatic rings. The Balaban J connectivity index is 1.65. The van der Waals surface area contributed by atoms with Gasteiger partial charge in [-0.2, -0.15) is 10.2 Å². The molecule has 0 fully saturated rings. The fraction of sp³-hybridized carbons (Fsp3) is 0.167. The highest BCUT2D eigenvalue weighted by Crippen LogP contribution is 2.22. The van der Waals surface area contributed by atoms with Crippen LogP contribution in [0, 0.1) is 0 Å². The summed E-state index contributed by atoms with van der Waals surface area (Å²) in [7, 11) is 0. The Labute approximate surface area is 161 Å². The molecule has 0 aliphatic rings. The van der Waals surface area contributed by atoms with Gasteiger partial charge in [-0.15, -0.1) is 0 Å². The van der Waals surface area contributed by atoms with Crippen LogP contribution in [0.4, 0.5) is 5.82 Å². The van der Waals surface area contributed by atoms with Gasteiger partial charge in [0.25, 0.3) is 0 Å². The van der Waals surface area contributed by atoms with Crippen molar-refractivity contribution in [3.63, 3.8) is 0 Å². The quantitative estimate of drug-likeness (QED) is 0.645. The Morgan fingerprint density at radius 3 is 2.73 bits per heavy atom. The molecular formula is C18H17Cl2N5O. The van der Waals surface area contributed by atoms with E-state index in [4.69, 9.17) is 23.2 Å². The normalized spacial score (nSPS) is 11.2. The lowest BCUT2D eigenvalue weighted by Crippen LogP contribution is -2.09. The summed E-state index contributed by atoms with van der Waals surface area (Å²) in [5.74, 6) is -0.0169. The van der Waals surface area contributed by atoms with Gasteiger partial charge in [-0.05, 0) is 24.6 Å². The van der Waals surface area contributed by atoms with E-state index in [2.05, 4.69) is 15.5 Å². The number of hydrogen-bond donors (Lipinski definition) is 1. The second-order valence-electron chi connectivity index (χ2n) is 5.57. The molecule has 0 bridgehead atoms. The predicted octanol–water partition coefficient (Wildman–Crippen LogP) is 4.11. The molecule has 1 aromatic carbocycles. The summed E-state index contributed by atoms with van der Waals surface area (Å²) in [6, 6.07) is 7.50. The minimum atomic E-state index is -0.320. The third-order valence-electron chi connectivity index (χ3n) is 3.65. The number of rotatable bonds is 6. The summed E-state index contributed by atoms with van der Waals surface area (Å²) in [6.07, 6.45) is 8.30. The molecule has 0 atom stereocenters. The largest absolute Gasteiger partial charge is 0.304 e. The molecule has 1 N–H and O–H groups in total. The molecule has 0 saturated carbocycles. The molecule has 2 aromatic heterocycles. The van der Waals surface area contributed by atoms with Crippen molar-refractivity contribution >= 4 is 41.0 Å². The molecule has 26 heavy (non-hydrogen) atoms. The number of halogens is 2. The number of hydrogen-bond acceptors (Lipinski definition) is 3. The fourth-order valence-electron chi connectivity index (χ4n) is 2.33. The van der Waals surface area contributed by atoms with E-state index in [1.807, 2.05) is 37.4 Å². The van der Waals surface area contributed by atoms with Crippen molar-refractivity contribution in [1.82, 2.24) is 19.6 Å². The lowest BCUT2D eigenvalue weighted by atomic mass is 10.2. The lowest BCUT2D eigenvalue weighted by molar-refractivity contribution is -0.111. The summed E-state index contributed by atoms with van der Waals surface area (Å²) in [5.41, 5.74) is 1.76. The van der Waals surface area contributed by atoms with Gasteiger partial charge in [0, 0.05) is 35.6 Å². The summed E-state index contributed by atoms with van der Waals surface area (Å²) in [5, 5.41) is 12.1. The smallest absolute Gasteiger partial charge is 0.249 e. The Bertz CT molecular complexity index is 945. The Kier molecular flexibility index (Phi) is 5.75. The van der Waals surface area contributed by atoms with Gasteiger partial charge in [0.15, 0.2) is 5.82 Å². The molecular weight excluding hydrogens is 373 g/mol. The maximum atomic E-state index is 12.1. The van der Waals surface area contributed by atoms with Crippen molar-refractivity contribution < 1.29 is 4.79 Å². The molecule has 134 valence electrons. The van der Waals surface area contributed by atoms with Crippen molar-refractivity contribution in [2.75, 3.05) is 5.32 Å². The van der Waals surface area contributed by atoms with Crippen LogP contribution in [0.3, 0.4) is 0 Å².